The van der Waals surface area contributed by atoms with Crippen molar-refractivity contribution in [2.24, 2.45) is 11.7 Å². The van der Waals surface area contributed by atoms with Crippen molar-refractivity contribution >= 4 is 40.6 Å². The highest BCUT2D eigenvalue weighted by molar-refractivity contribution is 7.99. The number of carbonyl (C=O) groups is 1. The molecule has 1 aliphatic rings. The smallest absolute Gasteiger partial charge is 0.224 e. The first kappa shape index (κ1) is 16.1. The van der Waals surface area contributed by atoms with Gasteiger partial charge >= 0.3 is 0 Å². The molecule has 1 aromatic rings. The lowest BCUT2D eigenvalue weighted by molar-refractivity contribution is -0.117. The van der Waals surface area contributed by atoms with Crippen molar-refractivity contribution in [3.05, 3.63) is 23.8 Å². The third-order valence-electron chi connectivity index (χ3n) is 3.58. The number of nitrogens with two attached hydrogens (primary N) is 1. The minimum Gasteiger partial charge on any atom is -0.495 e. The van der Waals surface area contributed by atoms with E-state index in [1.54, 1.807) is 25.3 Å². The predicted molar refractivity (Wildman–Crippen MR) is 92.2 cm³/mol. The molecule has 0 radical (unpaired) electrons. The molecule has 1 aromatic carbocycles. The fraction of sp³-hybridized carbons (Fsp3) is 0.467. The first-order valence-electron chi connectivity index (χ1n) is 6.95. The number of methoxy groups -OCH3 is 1. The number of hydrogen-bond donors (Lipinski definition) is 2. The minimum absolute atomic E-state index is 0.0354. The summed E-state index contributed by atoms with van der Waals surface area (Å²) < 4.78 is 5.29. The van der Waals surface area contributed by atoms with Crippen molar-refractivity contribution in [2.45, 2.75) is 19.3 Å². The van der Waals surface area contributed by atoms with E-state index < -0.39 is 0 Å². The van der Waals surface area contributed by atoms with E-state index in [1.165, 1.54) is 0 Å². The van der Waals surface area contributed by atoms with E-state index in [1.807, 2.05) is 11.8 Å². The molecule has 1 amide bonds. The minimum atomic E-state index is 0.0354. The maximum Gasteiger partial charge on any atom is 0.224 e. The molecule has 1 aliphatic heterocycles. The van der Waals surface area contributed by atoms with Crippen molar-refractivity contribution in [3.8, 4) is 5.75 Å². The SMILES string of the molecule is COc1cc(C(N)=S)ccc1NC(=O)CC1CCSCC1. The number of carbonyl (C=O) groups excluding carboxylic acids is 1. The second-order valence-corrected chi connectivity index (χ2v) is 6.75. The summed E-state index contributed by atoms with van der Waals surface area (Å²) in [5.41, 5.74) is 6.98. The van der Waals surface area contributed by atoms with Crippen molar-refractivity contribution in [2.75, 3.05) is 23.9 Å². The molecule has 0 unspecified atom stereocenters. The average molecular weight is 324 g/mol. The lowest BCUT2D eigenvalue weighted by Gasteiger charge is -2.21. The maximum atomic E-state index is 12.1. The lowest BCUT2D eigenvalue weighted by atomic mass is 9.98. The van der Waals surface area contributed by atoms with Crippen LogP contribution in [0.25, 0.3) is 0 Å². The largest absolute Gasteiger partial charge is 0.495 e. The third kappa shape index (κ3) is 4.61. The number of thiocarbonyl (C=S) groups is 1. The number of benzene rings is 1. The normalized spacial score (nSPS) is 15.5. The Morgan fingerprint density at radius 3 is 2.81 bits per heavy atom. The number of rotatable bonds is 5. The summed E-state index contributed by atoms with van der Waals surface area (Å²) >= 11 is 6.91. The number of anilines is 1. The zero-order chi connectivity index (χ0) is 15.2. The van der Waals surface area contributed by atoms with Crippen LogP contribution >= 0.6 is 24.0 Å². The highest BCUT2D eigenvalue weighted by atomic mass is 32.2. The van der Waals surface area contributed by atoms with Gasteiger partial charge in [-0.15, -0.1) is 0 Å². The Kier molecular flexibility index (Phi) is 5.87. The van der Waals surface area contributed by atoms with Crippen molar-refractivity contribution in [3.63, 3.8) is 0 Å². The van der Waals surface area contributed by atoms with E-state index in [0.29, 0.717) is 28.8 Å². The lowest BCUT2D eigenvalue weighted by Crippen LogP contribution is -2.20. The van der Waals surface area contributed by atoms with Gasteiger partial charge in [0.15, 0.2) is 0 Å². The Morgan fingerprint density at radius 1 is 1.48 bits per heavy atom. The van der Waals surface area contributed by atoms with Crippen LogP contribution in [0.1, 0.15) is 24.8 Å². The van der Waals surface area contributed by atoms with Gasteiger partial charge in [-0.2, -0.15) is 11.8 Å². The number of nitrogens with one attached hydrogen (secondary N) is 1. The summed E-state index contributed by atoms with van der Waals surface area (Å²) in [5, 5.41) is 2.92. The summed E-state index contributed by atoms with van der Waals surface area (Å²) in [5.74, 6) is 3.42. The molecule has 0 atom stereocenters. The topological polar surface area (TPSA) is 64.3 Å². The molecule has 21 heavy (non-hydrogen) atoms. The standard InChI is InChI=1S/C15H20N2O2S2/c1-19-13-9-11(15(16)20)2-3-12(13)17-14(18)8-10-4-6-21-7-5-10/h2-3,9-10H,4-8H2,1H3,(H2,16,20)(H,17,18). The maximum absolute atomic E-state index is 12.1. The van der Waals surface area contributed by atoms with Crippen LogP contribution in [0.3, 0.4) is 0 Å². The van der Waals surface area contributed by atoms with Crippen LogP contribution in [0.15, 0.2) is 18.2 Å². The zero-order valence-corrected chi connectivity index (χ0v) is 13.7. The molecule has 0 saturated carbocycles. The monoisotopic (exact) mass is 324 g/mol. The molecule has 2 rings (SSSR count). The van der Waals surface area contributed by atoms with Gasteiger partial charge in [0.25, 0.3) is 0 Å². The van der Waals surface area contributed by atoms with Crippen LogP contribution in [-0.2, 0) is 4.79 Å². The van der Waals surface area contributed by atoms with Crippen LogP contribution in [-0.4, -0.2) is 29.5 Å². The van der Waals surface area contributed by atoms with Gasteiger partial charge in [-0.05, 0) is 48.5 Å². The first-order chi connectivity index (χ1) is 10.1. The van der Waals surface area contributed by atoms with Gasteiger partial charge < -0.3 is 15.8 Å². The molecule has 0 aromatic heterocycles. The van der Waals surface area contributed by atoms with Crippen LogP contribution in [0.2, 0.25) is 0 Å². The van der Waals surface area contributed by atoms with Crippen LogP contribution in [0.5, 0.6) is 5.75 Å². The Balaban J connectivity index is 2.00. The van der Waals surface area contributed by atoms with Gasteiger partial charge in [0, 0.05) is 12.0 Å². The Bertz CT molecular complexity index is 528. The second kappa shape index (κ2) is 7.66. The zero-order valence-electron chi connectivity index (χ0n) is 12.1. The van der Waals surface area contributed by atoms with Crippen molar-refractivity contribution in [1.29, 1.82) is 0 Å². The van der Waals surface area contributed by atoms with Crippen LogP contribution < -0.4 is 15.8 Å². The Morgan fingerprint density at radius 2 is 2.19 bits per heavy atom. The third-order valence-corrected chi connectivity index (χ3v) is 4.86. The summed E-state index contributed by atoms with van der Waals surface area (Å²) in [4.78, 5) is 12.5. The molecular formula is C15H20N2O2S2. The highest BCUT2D eigenvalue weighted by Crippen LogP contribution is 2.28. The first-order valence-corrected chi connectivity index (χ1v) is 8.52. The number of thioether (sulfide) groups is 1. The van der Waals surface area contributed by atoms with E-state index in [0.717, 1.165) is 29.9 Å². The molecule has 1 heterocycles. The molecule has 1 fully saturated rings. The van der Waals surface area contributed by atoms with Gasteiger partial charge in [-0.1, -0.05) is 12.2 Å². The second-order valence-electron chi connectivity index (χ2n) is 5.09. The molecule has 6 heteroatoms. The van der Waals surface area contributed by atoms with Crippen molar-refractivity contribution < 1.29 is 9.53 Å². The molecule has 0 spiro atoms. The molecule has 3 N–H and O–H groups in total. The average Bonchev–Trinajstić information content (AvgIpc) is 2.48. The Hall–Kier alpha value is -1.27. The molecule has 4 nitrogen and oxygen atoms in total. The van der Waals surface area contributed by atoms with Gasteiger partial charge in [-0.3, -0.25) is 4.79 Å². The Labute approximate surface area is 134 Å². The van der Waals surface area contributed by atoms with E-state index >= 15 is 0 Å². The summed E-state index contributed by atoms with van der Waals surface area (Å²) in [6.45, 7) is 0. The van der Waals surface area contributed by atoms with Crippen molar-refractivity contribution in [1.82, 2.24) is 0 Å². The van der Waals surface area contributed by atoms with Crippen LogP contribution in [0.4, 0.5) is 5.69 Å². The molecule has 114 valence electrons. The van der Waals surface area contributed by atoms with Gasteiger partial charge in [-0.25, -0.2) is 0 Å². The van der Waals surface area contributed by atoms with E-state index in [9.17, 15) is 4.79 Å². The molecule has 0 aliphatic carbocycles. The summed E-state index contributed by atoms with van der Waals surface area (Å²) in [7, 11) is 1.56. The fourth-order valence-corrected chi connectivity index (χ4v) is 3.69. The van der Waals surface area contributed by atoms with Gasteiger partial charge in [0.1, 0.15) is 10.7 Å². The van der Waals surface area contributed by atoms with E-state index in [2.05, 4.69) is 5.32 Å². The molecule has 1 saturated heterocycles. The number of hydrogen-bond acceptors (Lipinski definition) is 4. The van der Waals surface area contributed by atoms with Crippen LogP contribution in [0, 0.1) is 5.92 Å². The summed E-state index contributed by atoms with van der Waals surface area (Å²) in [6, 6.07) is 5.31. The predicted octanol–water partition coefficient (Wildman–Crippen LogP) is 2.80. The number of amides is 1. The quantitative estimate of drug-likeness (QED) is 0.816. The van der Waals surface area contributed by atoms with Gasteiger partial charge in [0.2, 0.25) is 5.91 Å². The highest BCUT2D eigenvalue weighted by Gasteiger charge is 2.18. The van der Waals surface area contributed by atoms with E-state index in [-0.39, 0.29) is 5.91 Å². The van der Waals surface area contributed by atoms with Gasteiger partial charge in [0.05, 0.1) is 12.8 Å². The fourth-order valence-electron chi connectivity index (χ4n) is 2.36. The molecular weight excluding hydrogens is 304 g/mol. The summed E-state index contributed by atoms with van der Waals surface area (Å²) in [6.07, 6.45) is 2.81. The van der Waals surface area contributed by atoms with E-state index in [4.69, 9.17) is 22.7 Å². The molecule has 0 bridgehead atoms. The number of ether oxygens (including phenoxy) is 1.